The van der Waals surface area contributed by atoms with Gasteiger partial charge in [0.25, 0.3) is 0 Å². The van der Waals surface area contributed by atoms with Gasteiger partial charge in [-0.3, -0.25) is 9.97 Å². The lowest BCUT2D eigenvalue weighted by atomic mass is 10.0. The Morgan fingerprint density at radius 3 is 2.48 bits per heavy atom. The summed E-state index contributed by atoms with van der Waals surface area (Å²) in [6, 6.07) is 17.1. The number of nitrogens with one attached hydrogen (secondary N) is 1. The summed E-state index contributed by atoms with van der Waals surface area (Å²) in [6.45, 7) is 1.96. The monoisotopic (exact) mass is 407 g/mol. The highest BCUT2D eigenvalue weighted by atomic mass is 16.4. The molecular formula is C24H17N5O2. The Morgan fingerprint density at radius 1 is 0.903 bits per heavy atom. The highest BCUT2D eigenvalue weighted by molar-refractivity contribution is 5.90. The van der Waals surface area contributed by atoms with E-state index in [9.17, 15) is 4.79 Å². The number of carboxylic acids is 1. The molecule has 1 aromatic carbocycles. The number of aromatic nitrogens is 5. The number of carboxylic acid groups (broad SMARTS) is 1. The minimum atomic E-state index is -1.05. The third kappa shape index (κ3) is 3.53. The Kier molecular flexibility index (Phi) is 4.48. The van der Waals surface area contributed by atoms with Gasteiger partial charge in [0.1, 0.15) is 5.69 Å². The summed E-state index contributed by atoms with van der Waals surface area (Å²) in [5.74, 6) is -1.05. The second-order valence-electron chi connectivity index (χ2n) is 7.16. The summed E-state index contributed by atoms with van der Waals surface area (Å²) in [7, 11) is 0. The topological polar surface area (TPSA) is 105 Å². The van der Waals surface area contributed by atoms with Gasteiger partial charge in [-0.15, -0.1) is 0 Å². The molecule has 0 fully saturated rings. The Balaban J connectivity index is 1.56. The van der Waals surface area contributed by atoms with E-state index in [1.807, 2.05) is 49.4 Å². The van der Waals surface area contributed by atoms with Gasteiger partial charge in [-0.05, 0) is 43.3 Å². The van der Waals surface area contributed by atoms with E-state index in [1.165, 1.54) is 6.07 Å². The standard InChI is InChI=1S/C24H17N5O2/c1-14-3-2-4-20(29-14)23-22(27-13-28-23)15-5-7-19-17(9-15)10-18(12-25-19)16-6-8-21(24(30)31)26-11-16/h2-13H,1H3,(H,27,28)(H,30,31). The third-order valence-corrected chi connectivity index (χ3v) is 5.05. The van der Waals surface area contributed by atoms with Gasteiger partial charge in [0, 0.05) is 40.2 Å². The lowest BCUT2D eigenvalue weighted by Gasteiger charge is -2.07. The number of pyridine rings is 3. The molecule has 2 N–H and O–H groups in total. The maximum atomic E-state index is 11.0. The van der Waals surface area contributed by atoms with E-state index < -0.39 is 5.97 Å². The Labute approximate surface area is 177 Å². The SMILES string of the molecule is Cc1cccc(-c2[nH]cnc2-c2ccc3ncc(-c4ccc(C(=O)O)nc4)cc3c2)n1. The number of aromatic amines is 1. The molecule has 5 rings (SSSR count). The minimum absolute atomic E-state index is 0.00982. The number of rotatable bonds is 4. The van der Waals surface area contributed by atoms with Crippen LogP contribution in [-0.2, 0) is 0 Å². The molecular weight excluding hydrogens is 390 g/mol. The van der Waals surface area contributed by atoms with E-state index >= 15 is 0 Å². The fraction of sp³-hybridized carbons (Fsp3) is 0.0417. The number of aromatic carboxylic acids is 1. The first-order valence-corrected chi connectivity index (χ1v) is 9.66. The van der Waals surface area contributed by atoms with Crippen molar-refractivity contribution < 1.29 is 9.90 Å². The number of nitrogens with zero attached hydrogens (tertiary/aromatic N) is 4. The molecule has 0 aliphatic heterocycles. The number of hydrogen-bond donors (Lipinski definition) is 2. The fourth-order valence-electron chi connectivity index (χ4n) is 3.52. The molecule has 0 spiro atoms. The van der Waals surface area contributed by atoms with Crippen molar-refractivity contribution in [3.63, 3.8) is 0 Å². The van der Waals surface area contributed by atoms with Crippen LogP contribution in [0.2, 0.25) is 0 Å². The highest BCUT2D eigenvalue weighted by Gasteiger charge is 2.13. The molecule has 7 heteroatoms. The molecule has 0 aliphatic carbocycles. The van der Waals surface area contributed by atoms with E-state index in [-0.39, 0.29) is 5.69 Å². The highest BCUT2D eigenvalue weighted by Crippen LogP contribution is 2.31. The van der Waals surface area contributed by atoms with Gasteiger partial charge in [0.2, 0.25) is 0 Å². The second kappa shape index (κ2) is 7.46. The predicted octanol–water partition coefficient (Wildman–Crippen LogP) is 4.76. The van der Waals surface area contributed by atoms with Gasteiger partial charge < -0.3 is 10.1 Å². The molecule has 0 bridgehead atoms. The van der Waals surface area contributed by atoms with Gasteiger partial charge >= 0.3 is 5.97 Å². The number of H-pyrrole nitrogens is 1. The Bertz CT molecular complexity index is 1420. The summed E-state index contributed by atoms with van der Waals surface area (Å²) >= 11 is 0. The summed E-state index contributed by atoms with van der Waals surface area (Å²) < 4.78 is 0. The van der Waals surface area contributed by atoms with Crippen LogP contribution in [0.4, 0.5) is 0 Å². The van der Waals surface area contributed by atoms with Crippen LogP contribution < -0.4 is 0 Å². The van der Waals surface area contributed by atoms with Crippen molar-refractivity contribution in [2.75, 3.05) is 0 Å². The van der Waals surface area contributed by atoms with Crippen molar-refractivity contribution in [3.05, 3.63) is 84.7 Å². The van der Waals surface area contributed by atoms with E-state index in [1.54, 1.807) is 24.8 Å². The molecule has 4 aromatic heterocycles. The summed E-state index contributed by atoms with van der Waals surface area (Å²) in [5.41, 5.74) is 6.93. The number of fused-ring (bicyclic) bond motifs is 1. The number of carbonyl (C=O) groups is 1. The molecule has 0 atom stereocenters. The first-order valence-electron chi connectivity index (χ1n) is 9.66. The van der Waals surface area contributed by atoms with Crippen molar-refractivity contribution in [1.82, 2.24) is 24.9 Å². The van der Waals surface area contributed by atoms with E-state index in [4.69, 9.17) is 5.11 Å². The van der Waals surface area contributed by atoms with Crippen molar-refractivity contribution in [1.29, 1.82) is 0 Å². The first-order chi connectivity index (χ1) is 15.1. The van der Waals surface area contributed by atoms with Crippen LogP contribution in [0.1, 0.15) is 16.2 Å². The van der Waals surface area contributed by atoms with Crippen molar-refractivity contribution in [2.24, 2.45) is 0 Å². The molecule has 0 saturated carbocycles. The summed E-state index contributed by atoms with van der Waals surface area (Å²) in [6.07, 6.45) is 4.98. The normalized spacial score (nSPS) is 11.0. The van der Waals surface area contributed by atoms with Gasteiger partial charge in [0.15, 0.2) is 0 Å². The fourth-order valence-corrected chi connectivity index (χ4v) is 3.52. The molecule has 7 nitrogen and oxygen atoms in total. The molecule has 4 heterocycles. The molecule has 150 valence electrons. The smallest absolute Gasteiger partial charge is 0.354 e. The minimum Gasteiger partial charge on any atom is -0.477 e. The van der Waals surface area contributed by atoms with E-state index in [0.29, 0.717) is 0 Å². The maximum absolute atomic E-state index is 11.0. The third-order valence-electron chi connectivity index (χ3n) is 5.05. The van der Waals surface area contributed by atoms with Crippen LogP contribution in [0.15, 0.2) is 73.3 Å². The zero-order chi connectivity index (χ0) is 21.4. The predicted molar refractivity (Wildman–Crippen MR) is 117 cm³/mol. The van der Waals surface area contributed by atoms with Gasteiger partial charge in [0.05, 0.1) is 28.9 Å². The second-order valence-corrected chi connectivity index (χ2v) is 7.16. The molecule has 0 saturated heterocycles. The average Bonchev–Trinajstić information content (AvgIpc) is 3.28. The van der Waals surface area contributed by atoms with Gasteiger partial charge in [-0.2, -0.15) is 0 Å². The number of aryl methyl sites for hydroxylation is 1. The molecule has 0 amide bonds. The molecule has 31 heavy (non-hydrogen) atoms. The van der Waals surface area contributed by atoms with Crippen LogP contribution in [0.5, 0.6) is 0 Å². The van der Waals surface area contributed by atoms with Crippen LogP contribution in [0, 0.1) is 6.92 Å². The number of benzene rings is 1. The van der Waals surface area contributed by atoms with Crippen molar-refractivity contribution in [2.45, 2.75) is 6.92 Å². The maximum Gasteiger partial charge on any atom is 0.354 e. The molecule has 0 radical (unpaired) electrons. The number of hydrogen-bond acceptors (Lipinski definition) is 5. The lowest BCUT2D eigenvalue weighted by Crippen LogP contribution is -1.99. The number of imidazole rings is 1. The van der Waals surface area contributed by atoms with Gasteiger partial charge in [-0.25, -0.2) is 14.8 Å². The largest absolute Gasteiger partial charge is 0.477 e. The zero-order valence-corrected chi connectivity index (χ0v) is 16.6. The van der Waals surface area contributed by atoms with Gasteiger partial charge in [-0.1, -0.05) is 18.2 Å². The van der Waals surface area contributed by atoms with Crippen LogP contribution in [0.25, 0.3) is 44.7 Å². The zero-order valence-electron chi connectivity index (χ0n) is 16.6. The quantitative estimate of drug-likeness (QED) is 0.445. The lowest BCUT2D eigenvalue weighted by molar-refractivity contribution is 0.0690. The summed E-state index contributed by atoms with van der Waals surface area (Å²) in [5, 5.41) is 9.99. The molecule has 0 aliphatic rings. The van der Waals surface area contributed by atoms with Crippen molar-refractivity contribution >= 4 is 16.9 Å². The Hall–Kier alpha value is -4.39. The van der Waals surface area contributed by atoms with Crippen LogP contribution in [0.3, 0.4) is 0 Å². The van der Waals surface area contributed by atoms with Crippen LogP contribution in [-0.4, -0.2) is 36.0 Å². The van der Waals surface area contributed by atoms with E-state index in [0.717, 1.165) is 50.4 Å². The summed E-state index contributed by atoms with van der Waals surface area (Å²) in [4.78, 5) is 31.9. The molecule has 0 unspecified atom stereocenters. The van der Waals surface area contributed by atoms with E-state index in [2.05, 4.69) is 24.9 Å². The average molecular weight is 407 g/mol. The van der Waals surface area contributed by atoms with Crippen LogP contribution >= 0.6 is 0 Å². The van der Waals surface area contributed by atoms with Crippen molar-refractivity contribution in [3.8, 4) is 33.8 Å². The first kappa shape index (κ1) is 18.6. The Morgan fingerprint density at radius 2 is 1.71 bits per heavy atom. The molecule has 5 aromatic rings.